The van der Waals surface area contributed by atoms with Crippen molar-refractivity contribution < 1.29 is 9.59 Å². The fourth-order valence-corrected chi connectivity index (χ4v) is 2.24. The van der Waals surface area contributed by atoms with Gasteiger partial charge in [-0.2, -0.15) is 10.5 Å². The number of aromatic nitrogens is 1. The Bertz CT molecular complexity index is 831. The number of hydrogen-bond donors (Lipinski definition) is 1. The second-order valence-electron chi connectivity index (χ2n) is 4.05. The summed E-state index contributed by atoms with van der Waals surface area (Å²) in [5.74, 6) is -0.775. The molecule has 0 unspecified atom stereocenters. The van der Waals surface area contributed by atoms with Gasteiger partial charge >= 0.3 is 0 Å². The number of rotatable bonds is 0. The highest BCUT2D eigenvalue weighted by molar-refractivity contribution is 6.28. The summed E-state index contributed by atoms with van der Waals surface area (Å²) in [6.07, 6.45) is 0. The largest absolute Gasteiger partial charge is 0.342 e. The number of nitriles is 2. The number of H-pyrrole nitrogens is 1. The number of ketones is 2. The zero-order valence-electron chi connectivity index (χ0n) is 9.52. The molecule has 1 aromatic carbocycles. The van der Waals surface area contributed by atoms with Crippen LogP contribution in [0.2, 0.25) is 0 Å². The predicted molar refractivity (Wildman–Crippen MR) is 63.5 cm³/mol. The lowest BCUT2D eigenvalue weighted by atomic mass is 9.86. The summed E-state index contributed by atoms with van der Waals surface area (Å²) in [6, 6.07) is 10.0. The van der Waals surface area contributed by atoms with E-state index in [1.807, 2.05) is 6.07 Å². The van der Waals surface area contributed by atoms with Gasteiger partial charge in [0.05, 0.1) is 11.1 Å². The maximum absolute atomic E-state index is 12.3. The zero-order chi connectivity index (χ0) is 13.6. The molecule has 1 aromatic heterocycles. The Morgan fingerprint density at radius 2 is 1.58 bits per heavy atom. The van der Waals surface area contributed by atoms with Crippen LogP contribution in [0.5, 0.6) is 0 Å². The van der Waals surface area contributed by atoms with Crippen molar-refractivity contribution in [1.82, 2.24) is 4.98 Å². The SMILES string of the molecule is N#Cc1[nH]c2c(c1C#N)C(=O)c1ccccc1C2=O. The molecule has 5 heteroatoms. The minimum Gasteiger partial charge on any atom is -0.342 e. The molecule has 0 saturated carbocycles. The molecule has 0 atom stereocenters. The molecule has 0 aliphatic heterocycles. The first kappa shape index (κ1) is 10.9. The quantitative estimate of drug-likeness (QED) is 0.651. The van der Waals surface area contributed by atoms with Gasteiger partial charge in [-0.3, -0.25) is 9.59 Å². The average molecular weight is 247 g/mol. The molecular formula is C14H5N3O2. The molecule has 0 saturated heterocycles. The Hall–Kier alpha value is -3.18. The normalized spacial score (nSPS) is 12.3. The summed E-state index contributed by atoms with van der Waals surface area (Å²) in [5.41, 5.74) is 0.460. The highest BCUT2D eigenvalue weighted by Crippen LogP contribution is 2.30. The maximum Gasteiger partial charge on any atom is 0.210 e. The molecule has 3 rings (SSSR count). The average Bonchev–Trinajstić information content (AvgIpc) is 2.83. The molecule has 0 fully saturated rings. The predicted octanol–water partition coefficient (Wildman–Crippen LogP) is 1.53. The van der Waals surface area contributed by atoms with Crippen LogP contribution in [0.15, 0.2) is 24.3 Å². The van der Waals surface area contributed by atoms with Crippen molar-refractivity contribution in [2.24, 2.45) is 0 Å². The molecule has 88 valence electrons. The summed E-state index contributed by atoms with van der Waals surface area (Å²) in [5, 5.41) is 18.0. The summed E-state index contributed by atoms with van der Waals surface area (Å²) >= 11 is 0. The van der Waals surface area contributed by atoms with Crippen LogP contribution in [0.3, 0.4) is 0 Å². The topological polar surface area (TPSA) is 97.5 Å². The third kappa shape index (κ3) is 1.27. The molecule has 19 heavy (non-hydrogen) atoms. The van der Waals surface area contributed by atoms with Gasteiger partial charge in [0.1, 0.15) is 23.5 Å². The molecule has 2 aromatic rings. The molecule has 1 heterocycles. The van der Waals surface area contributed by atoms with E-state index in [4.69, 9.17) is 10.5 Å². The van der Waals surface area contributed by atoms with Crippen LogP contribution in [0.4, 0.5) is 0 Å². The summed E-state index contributed by atoms with van der Waals surface area (Å²) in [4.78, 5) is 27.1. The zero-order valence-corrected chi connectivity index (χ0v) is 9.52. The van der Waals surface area contributed by atoms with Crippen LogP contribution < -0.4 is 0 Å². The van der Waals surface area contributed by atoms with Crippen molar-refractivity contribution >= 4 is 11.6 Å². The van der Waals surface area contributed by atoms with E-state index in [9.17, 15) is 9.59 Å². The van der Waals surface area contributed by atoms with E-state index < -0.39 is 5.78 Å². The van der Waals surface area contributed by atoms with Gasteiger partial charge < -0.3 is 4.98 Å². The lowest BCUT2D eigenvalue weighted by Crippen LogP contribution is -2.20. The Morgan fingerprint density at radius 1 is 0.947 bits per heavy atom. The maximum atomic E-state index is 12.3. The molecule has 0 bridgehead atoms. The van der Waals surface area contributed by atoms with E-state index in [-0.39, 0.29) is 39.4 Å². The standard InChI is InChI=1S/C14H5N3O2/c15-5-9-10(6-16)17-12-11(9)13(18)7-3-1-2-4-8(7)14(12)19/h1-4,17H. The third-order valence-corrected chi connectivity index (χ3v) is 3.09. The molecule has 1 aliphatic carbocycles. The van der Waals surface area contributed by atoms with E-state index >= 15 is 0 Å². The number of benzene rings is 1. The number of nitrogens with one attached hydrogen (secondary N) is 1. The molecule has 1 N–H and O–H groups in total. The molecule has 0 radical (unpaired) electrons. The monoisotopic (exact) mass is 247 g/mol. The van der Waals surface area contributed by atoms with Crippen molar-refractivity contribution in [3.63, 3.8) is 0 Å². The van der Waals surface area contributed by atoms with Crippen molar-refractivity contribution in [3.05, 3.63) is 57.9 Å². The van der Waals surface area contributed by atoms with Crippen LogP contribution in [0.25, 0.3) is 0 Å². The van der Waals surface area contributed by atoms with Gasteiger partial charge in [0.15, 0.2) is 5.78 Å². The fourth-order valence-electron chi connectivity index (χ4n) is 2.24. The molecule has 0 spiro atoms. The Kier molecular flexibility index (Phi) is 2.11. The molecule has 0 amide bonds. The minimum atomic E-state index is -0.403. The van der Waals surface area contributed by atoms with Crippen LogP contribution in [0.1, 0.15) is 43.2 Å². The van der Waals surface area contributed by atoms with Gasteiger partial charge in [0, 0.05) is 11.1 Å². The first-order chi connectivity index (χ1) is 9.19. The second-order valence-corrected chi connectivity index (χ2v) is 4.05. The lowest BCUT2D eigenvalue weighted by molar-refractivity contribution is 0.0977. The van der Waals surface area contributed by atoms with E-state index in [1.165, 1.54) is 0 Å². The van der Waals surface area contributed by atoms with Crippen LogP contribution in [0, 0.1) is 22.7 Å². The van der Waals surface area contributed by atoms with E-state index in [0.29, 0.717) is 0 Å². The highest BCUT2D eigenvalue weighted by atomic mass is 16.1. The minimum absolute atomic E-state index is 0.00255. The van der Waals surface area contributed by atoms with Gasteiger partial charge in [-0.05, 0) is 0 Å². The van der Waals surface area contributed by atoms with Crippen molar-refractivity contribution in [3.8, 4) is 12.1 Å². The van der Waals surface area contributed by atoms with Crippen LogP contribution >= 0.6 is 0 Å². The summed E-state index contributed by atoms with van der Waals surface area (Å²) in [7, 11) is 0. The number of aromatic amines is 1. The van der Waals surface area contributed by atoms with Gasteiger partial charge in [0.2, 0.25) is 5.78 Å². The van der Waals surface area contributed by atoms with Crippen LogP contribution in [-0.2, 0) is 0 Å². The van der Waals surface area contributed by atoms with Gasteiger partial charge in [0.25, 0.3) is 0 Å². The molecule has 1 aliphatic rings. The summed E-state index contributed by atoms with van der Waals surface area (Å²) < 4.78 is 0. The number of hydrogen-bond acceptors (Lipinski definition) is 4. The third-order valence-electron chi connectivity index (χ3n) is 3.09. The lowest BCUT2D eigenvalue weighted by Gasteiger charge is -2.13. The summed E-state index contributed by atoms with van der Waals surface area (Å²) in [6.45, 7) is 0. The van der Waals surface area contributed by atoms with E-state index in [0.717, 1.165) is 0 Å². The van der Waals surface area contributed by atoms with Crippen molar-refractivity contribution in [2.45, 2.75) is 0 Å². The number of carbonyl (C=O) groups excluding carboxylic acids is 2. The number of carbonyl (C=O) groups is 2. The fraction of sp³-hybridized carbons (Fsp3) is 0. The Balaban J connectivity index is 2.40. The highest BCUT2D eigenvalue weighted by Gasteiger charge is 2.35. The first-order valence-electron chi connectivity index (χ1n) is 5.43. The van der Waals surface area contributed by atoms with Crippen molar-refractivity contribution in [2.75, 3.05) is 0 Å². The van der Waals surface area contributed by atoms with Crippen molar-refractivity contribution in [1.29, 1.82) is 10.5 Å². The number of fused-ring (bicyclic) bond motifs is 2. The van der Waals surface area contributed by atoms with Gasteiger partial charge in [-0.25, -0.2) is 0 Å². The van der Waals surface area contributed by atoms with Gasteiger partial charge in [-0.1, -0.05) is 24.3 Å². The molecular weight excluding hydrogens is 242 g/mol. The van der Waals surface area contributed by atoms with Crippen LogP contribution in [-0.4, -0.2) is 16.6 Å². The number of nitrogens with zero attached hydrogens (tertiary/aromatic N) is 2. The Labute approximate surface area is 107 Å². The van der Waals surface area contributed by atoms with E-state index in [1.54, 1.807) is 30.3 Å². The first-order valence-corrected chi connectivity index (χ1v) is 5.43. The van der Waals surface area contributed by atoms with E-state index in [2.05, 4.69) is 4.98 Å². The second kappa shape index (κ2) is 3.66. The van der Waals surface area contributed by atoms with Gasteiger partial charge in [-0.15, -0.1) is 0 Å². The Morgan fingerprint density at radius 3 is 2.16 bits per heavy atom. The molecule has 5 nitrogen and oxygen atoms in total. The smallest absolute Gasteiger partial charge is 0.210 e.